The quantitative estimate of drug-likeness (QED) is 0.660. The summed E-state index contributed by atoms with van der Waals surface area (Å²) in [5.74, 6) is 0.497. The van der Waals surface area contributed by atoms with Crippen molar-refractivity contribution in [1.29, 1.82) is 0 Å². The second-order valence-corrected chi connectivity index (χ2v) is 5.98. The summed E-state index contributed by atoms with van der Waals surface area (Å²) < 4.78 is 0. The summed E-state index contributed by atoms with van der Waals surface area (Å²) in [5.41, 5.74) is 7.54. The van der Waals surface area contributed by atoms with Crippen LogP contribution in [0.3, 0.4) is 0 Å². The minimum Gasteiger partial charge on any atom is -0.402 e. The van der Waals surface area contributed by atoms with E-state index in [0.29, 0.717) is 16.7 Å². The van der Waals surface area contributed by atoms with Gasteiger partial charge in [0.25, 0.3) is 0 Å². The fourth-order valence-electron chi connectivity index (χ4n) is 2.40. The Morgan fingerprint density at radius 2 is 1.77 bits per heavy atom. The van der Waals surface area contributed by atoms with Gasteiger partial charge in [0.1, 0.15) is 0 Å². The SMILES string of the molecule is C=C(N)C1CC(C)(C)CCC1(C)C. The zero-order valence-electron chi connectivity index (χ0n) is 9.48. The lowest BCUT2D eigenvalue weighted by molar-refractivity contribution is 0.0762. The van der Waals surface area contributed by atoms with Crippen LogP contribution in [0, 0.1) is 16.7 Å². The van der Waals surface area contributed by atoms with E-state index in [1.165, 1.54) is 19.3 Å². The monoisotopic (exact) mass is 181 g/mol. The number of hydrogen-bond acceptors (Lipinski definition) is 1. The van der Waals surface area contributed by atoms with Crippen LogP contribution in [0.1, 0.15) is 47.0 Å². The van der Waals surface area contributed by atoms with Gasteiger partial charge in [-0.15, -0.1) is 0 Å². The van der Waals surface area contributed by atoms with E-state index in [1.54, 1.807) is 0 Å². The molecule has 13 heavy (non-hydrogen) atoms. The van der Waals surface area contributed by atoms with Crippen LogP contribution < -0.4 is 5.73 Å². The Bertz CT molecular complexity index is 213. The van der Waals surface area contributed by atoms with Crippen molar-refractivity contribution in [2.24, 2.45) is 22.5 Å². The van der Waals surface area contributed by atoms with E-state index >= 15 is 0 Å². The molecule has 1 fully saturated rings. The Kier molecular flexibility index (Phi) is 2.48. The van der Waals surface area contributed by atoms with Crippen LogP contribution in [0.5, 0.6) is 0 Å². The summed E-state index contributed by atoms with van der Waals surface area (Å²) in [6, 6.07) is 0. The first-order chi connectivity index (χ1) is 5.75. The van der Waals surface area contributed by atoms with Gasteiger partial charge in [0.15, 0.2) is 0 Å². The predicted molar refractivity (Wildman–Crippen MR) is 58.2 cm³/mol. The first-order valence-electron chi connectivity index (χ1n) is 5.19. The lowest BCUT2D eigenvalue weighted by Crippen LogP contribution is -2.38. The third kappa shape index (κ3) is 2.26. The molecule has 1 aliphatic rings. The largest absolute Gasteiger partial charge is 0.402 e. The Morgan fingerprint density at radius 3 is 2.15 bits per heavy atom. The molecule has 0 aromatic carbocycles. The number of hydrogen-bond donors (Lipinski definition) is 1. The molecule has 1 heteroatoms. The molecular weight excluding hydrogens is 158 g/mol. The van der Waals surface area contributed by atoms with E-state index in [9.17, 15) is 0 Å². The van der Waals surface area contributed by atoms with Gasteiger partial charge in [0.05, 0.1) is 0 Å². The van der Waals surface area contributed by atoms with Gasteiger partial charge >= 0.3 is 0 Å². The topological polar surface area (TPSA) is 26.0 Å². The predicted octanol–water partition coefficient (Wildman–Crippen LogP) is 3.31. The molecule has 1 aliphatic carbocycles. The third-order valence-corrected chi connectivity index (χ3v) is 3.59. The van der Waals surface area contributed by atoms with Gasteiger partial charge in [-0.3, -0.25) is 0 Å². The van der Waals surface area contributed by atoms with E-state index in [4.69, 9.17) is 5.73 Å². The van der Waals surface area contributed by atoms with Crippen molar-refractivity contribution in [3.63, 3.8) is 0 Å². The molecule has 1 atom stereocenters. The summed E-state index contributed by atoms with van der Waals surface area (Å²) in [6.45, 7) is 13.2. The Balaban J connectivity index is 2.82. The maximum Gasteiger partial charge on any atom is 0.00446 e. The standard InChI is InChI=1S/C12H23N/c1-9(13)10-8-11(2,3)6-7-12(10,4)5/h10H,1,6-8,13H2,2-5H3. The summed E-state index contributed by atoms with van der Waals surface area (Å²) in [7, 11) is 0. The molecule has 1 saturated carbocycles. The van der Waals surface area contributed by atoms with E-state index in [2.05, 4.69) is 34.3 Å². The zero-order valence-corrected chi connectivity index (χ0v) is 9.48. The summed E-state index contributed by atoms with van der Waals surface area (Å²) >= 11 is 0. The molecule has 0 radical (unpaired) electrons. The molecule has 0 heterocycles. The Labute approximate surface area is 82.4 Å². The second-order valence-electron chi connectivity index (χ2n) is 5.98. The van der Waals surface area contributed by atoms with Crippen LogP contribution in [-0.4, -0.2) is 0 Å². The van der Waals surface area contributed by atoms with Gasteiger partial charge < -0.3 is 5.73 Å². The molecule has 2 N–H and O–H groups in total. The van der Waals surface area contributed by atoms with Crippen LogP contribution >= 0.6 is 0 Å². The van der Waals surface area contributed by atoms with Crippen molar-refractivity contribution in [2.75, 3.05) is 0 Å². The first-order valence-corrected chi connectivity index (χ1v) is 5.19. The zero-order chi connectivity index (χ0) is 10.3. The molecule has 0 saturated heterocycles. The van der Waals surface area contributed by atoms with Gasteiger partial charge in [-0.25, -0.2) is 0 Å². The van der Waals surface area contributed by atoms with E-state index < -0.39 is 0 Å². The van der Waals surface area contributed by atoms with Gasteiger partial charge in [0.2, 0.25) is 0 Å². The summed E-state index contributed by atoms with van der Waals surface area (Å²) in [6.07, 6.45) is 3.76. The highest BCUT2D eigenvalue weighted by Gasteiger charge is 2.40. The third-order valence-electron chi connectivity index (χ3n) is 3.59. The molecular formula is C12H23N. The highest BCUT2D eigenvalue weighted by Crippen LogP contribution is 2.49. The lowest BCUT2D eigenvalue weighted by Gasteiger charge is -2.46. The first kappa shape index (κ1) is 10.6. The molecule has 76 valence electrons. The molecule has 1 unspecified atom stereocenters. The van der Waals surface area contributed by atoms with Crippen molar-refractivity contribution in [2.45, 2.75) is 47.0 Å². The minimum atomic E-state index is 0.349. The van der Waals surface area contributed by atoms with Crippen LogP contribution in [-0.2, 0) is 0 Å². The number of nitrogens with two attached hydrogens (primary N) is 1. The molecule has 0 amide bonds. The van der Waals surface area contributed by atoms with Crippen LogP contribution in [0.4, 0.5) is 0 Å². The normalized spacial score (nSPS) is 31.2. The highest BCUT2D eigenvalue weighted by molar-refractivity contribution is 5.05. The van der Waals surface area contributed by atoms with Crippen LogP contribution in [0.15, 0.2) is 12.3 Å². The van der Waals surface area contributed by atoms with Crippen molar-refractivity contribution in [3.8, 4) is 0 Å². The second kappa shape index (κ2) is 3.04. The molecule has 0 bridgehead atoms. The maximum absolute atomic E-state index is 5.87. The average Bonchev–Trinajstić information content (AvgIpc) is 1.95. The molecule has 0 aromatic rings. The van der Waals surface area contributed by atoms with E-state index in [-0.39, 0.29) is 0 Å². The molecule has 1 nitrogen and oxygen atoms in total. The molecule has 1 rings (SSSR count). The number of allylic oxidation sites excluding steroid dienone is 1. The Morgan fingerprint density at radius 1 is 1.23 bits per heavy atom. The van der Waals surface area contributed by atoms with Gasteiger partial charge in [-0.1, -0.05) is 34.3 Å². The minimum absolute atomic E-state index is 0.349. The van der Waals surface area contributed by atoms with E-state index in [1.807, 2.05) is 0 Å². The molecule has 0 spiro atoms. The van der Waals surface area contributed by atoms with E-state index in [0.717, 1.165) is 5.70 Å². The van der Waals surface area contributed by atoms with Gasteiger partial charge in [-0.05, 0) is 30.1 Å². The highest BCUT2D eigenvalue weighted by atomic mass is 14.6. The maximum atomic E-state index is 5.87. The van der Waals surface area contributed by atoms with Gasteiger partial charge in [-0.2, -0.15) is 0 Å². The van der Waals surface area contributed by atoms with Crippen molar-refractivity contribution in [3.05, 3.63) is 12.3 Å². The Hall–Kier alpha value is -0.460. The van der Waals surface area contributed by atoms with Crippen molar-refractivity contribution >= 4 is 0 Å². The summed E-state index contributed by atoms with van der Waals surface area (Å²) in [4.78, 5) is 0. The smallest absolute Gasteiger partial charge is 0.00446 e. The molecule has 0 aromatic heterocycles. The summed E-state index contributed by atoms with van der Waals surface area (Å²) in [5, 5.41) is 0. The van der Waals surface area contributed by atoms with Gasteiger partial charge in [0, 0.05) is 11.6 Å². The van der Waals surface area contributed by atoms with Crippen molar-refractivity contribution < 1.29 is 0 Å². The average molecular weight is 181 g/mol. The molecule has 0 aliphatic heterocycles. The van der Waals surface area contributed by atoms with Crippen LogP contribution in [0.25, 0.3) is 0 Å². The van der Waals surface area contributed by atoms with Crippen LogP contribution in [0.2, 0.25) is 0 Å². The number of rotatable bonds is 1. The fourth-order valence-corrected chi connectivity index (χ4v) is 2.40. The van der Waals surface area contributed by atoms with Crippen molar-refractivity contribution in [1.82, 2.24) is 0 Å². The fraction of sp³-hybridized carbons (Fsp3) is 0.833. The lowest BCUT2D eigenvalue weighted by atomic mass is 9.60.